The van der Waals surface area contributed by atoms with Crippen molar-refractivity contribution in [2.75, 3.05) is 0 Å². The largest absolute Gasteiger partial charge is 0.453 e. The smallest absolute Gasteiger partial charge is 0.172 e. The second kappa shape index (κ2) is 6.67. The first-order valence-corrected chi connectivity index (χ1v) is 7.66. The number of Topliss-reactive ketones (excluding diaryl/α,β-unsaturated/α-hetero) is 1. The summed E-state index contributed by atoms with van der Waals surface area (Å²) in [4.78, 5) is 24.7. The van der Waals surface area contributed by atoms with Crippen LogP contribution in [0.2, 0.25) is 0 Å². The number of carbonyl (C=O) groups is 1. The molecule has 4 rings (SSSR count). The fourth-order valence-corrected chi connectivity index (χ4v) is 2.35. The summed E-state index contributed by atoms with van der Waals surface area (Å²) < 4.78 is 31.1. The van der Waals surface area contributed by atoms with Crippen molar-refractivity contribution in [1.29, 1.82) is 0 Å². The summed E-state index contributed by atoms with van der Waals surface area (Å²) in [5, 5.41) is 7.80. The summed E-state index contributed by atoms with van der Waals surface area (Å²) in [6, 6.07) is 1.24. The zero-order chi connectivity index (χ0) is 20.5. The molecule has 0 saturated heterocycles. The average Bonchev–Trinajstić information content (AvgIpc) is 3.19. The standard InChI is InChI=1S/C18H14N6O2/c1-12-2-3-13(21-6-12)4-17(25)16-5-14(9-24-11-22-23-18(16)24)26-15-7-19-10-20-8-15/h2-3,5-11H,4H2,1H3/i2D,3D,6D. The van der Waals surface area contributed by atoms with Crippen LogP contribution < -0.4 is 4.74 Å². The second-order valence-corrected chi connectivity index (χ2v) is 5.47. The third-order valence-electron chi connectivity index (χ3n) is 3.52. The van der Waals surface area contributed by atoms with Gasteiger partial charge in [0.2, 0.25) is 0 Å². The Morgan fingerprint density at radius 3 is 2.96 bits per heavy atom. The van der Waals surface area contributed by atoms with Gasteiger partial charge in [-0.05, 0) is 24.6 Å². The lowest BCUT2D eigenvalue weighted by Crippen LogP contribution is -2.08. The van der Waals surface area contributed by atoms with Crippen LogP contribution in [-0.2, 0) is 6.42 Å². The lowest BCUT2D eigenvalue weighted by molar-refractivity contribution is 0.0992. The molecule has 0 aliphatic heterocycles. The van der Waals surface area contributed by atoms with E-state index in [1.807, 2.05) is 0 Å². The van der Waals surface area contributed by atoms with Crippen LogP contribution >= 0.6 is 0 Å². The Hall–Kier alpha value is -3.68. The van der Waals surface area contributed by atoms with E-state index >= 15 is 0 Å². The van der Waals surface area contributed by atoms with Gasteiger partial charge >= 0.3 is 0 Å². The van der Waals surface area contributed by atoms with Crippen LogP contribution in [0.25, 0.3) is 5.65 Å². The molecule has 0 radical (unpaired) electrons. The predicted octanol–water partition coefficient (Wildman–Crippen LogP) is 2.44. The predicted molar refractivity (Wildman–Crippen MR) is 92.1 cm³/mol. The maximum absolute atomic E-state index is 13.0. The van der Waals surface area contributed by atoms with Crippen LogP contribution in [0.5, 0.6) is 11.5 Å². The number of nitrogens with zero attached hydrogens (tertiary/aromatic N) is 6. The van der Waals surface area contributed by atoms with Crippen molar-refractivity contribution in [2.24, 2.45) is 0 Å². The van der Waals surface area contributed by atoms with Gasteiger partial charge in [-0.25, -0.2) is 9.97 Å². The molecular formula is C18H14N6O2. The van der Waals surface area contributed by atoms with E-state index in [0.717, 1.165) is 0 Å². The zero-order valence-corrected chi connectivity index (χ0v) is 13.7. The number of ketones is 1. The van der Waals surface area contributed by atoms with Crippen LogP contribution in [0, 0.1) is 6.92 Å². The minimum atomic E-state index is -0.388. The summed E-state index contributed by atoms with van der Waals surface area (Å²) >= 11 is 0. The fraction of sp³-hybridized carbons (Fsp3) is 0.111. The van der Waals surface area contributed by atoms with Gasteiger partial charge in [-0.1, -0.05) is 6.04 Å². The Labute approximate surface area is 152 Å². The van der Waals surface area contributed by atoms with Crippen molar-refractivity contribution in [3.05, 3.63) is 72.4 Å². The fourth-order valence-electron chi connectivity index (χ4n) is 2.35. The van der Waals surface area contributed by atoms with Crippen molar-refractivity contribution >= 4 is 11.4 Å². The van der Waals surface area contributed by atoms with Crippen LogP contribution in [0.3, 0.4) is 0 Å². The van der Waals surface area contributed by atoms with E-state index in [2.05, 4.69) is 25.1 Å². The molecule has 8 nitrogen and oxygen atoms in total. The van der Waals surface area contributed by atoms with Gasteiger partial charge in [-0.2, -0.15) is 0 Å². The third-order valence-corrected chi connectivity index (χ3v) is 3.52. The molecule has 0 aliphatic carbocycles. The van der Waals surface area contributed by atoms with E-state index in [-0.39, 0.29) is 41.7 Å². The minimum absolute atomic E-state index is 0.0658. The molecule has 26 heavy (non-hydrogen) atoms. The Kier molecular flexibility index (Phi) is 3.25. The molecule has 4 heterocycles. The van der Waals surface area contributed by atoms with E-state index in [9.17, 15) is 4.79 Å². The van der Waals surface area contributed by atoms with Crippen LogP contribution in [0.4, 0.5) is 0 Å². The molecule has 8 heteroatoms. The highest BCUT2D eigenvalue weighted by Gasteiger charge is 2.16. The number of ether oxygens (including phenoxy) is 1. The molecule has 4 aromatic rings. The number of carbonyl (C=O) groups excluding carboxylic acids is 1. The van der Waals surface area contributed by atoms with Gasteiger partial charge in [0, 0.05) is 11.9 Å². The normalized spacial score (nSPS) is 12.4. The summed E-state index contributed by atoms with van der Waals surface area (Å²) in [5.41, 5.74) is 0.904. The molecule has 0 spiro atoms. The number of fused-ring (bicyclic) bond motifs is 1. The van der Waals surface area contributed by atoms with Crippen molar-refractivity contribution in [2.45, 2.75) is 13.3 Å². The number of hydrogen-bond acceptors (Lipinski definition) is 7. The molecule has 0 unspecified atom stereocenters. The molecule has 0 N–H and O–H groups in total. The summed E-state index contributed by atoms with van der Waals surface area (Å²) in [6.45, 7) is 1.55. The van der Waals surface area contributed by atoms with E-state index in [1.54, 1.807) is 17.5 Å². The number of hydrogen-bond donors (Lipinski definition) is 0. The topological polar surface area (TPSA) is 95.2 Å². The van der Waals surface area contributed by atoms with E-state index in [0.29, 0.717) is 22.7 Å². The summed E-state index contributed by atoms with van der Waals surface area (Å²) in [5.74, 6) is 0.354. The maximum Gasteiger partial charge on any atom is 0.172 e. The van der Waals surface area contributed by atoms with E-state index in [1.165, 1.54) is 31.1 Å². The first-order valence-electron chi connectivity index (χ1n) is 9.16. The molecule has 0 atom stereocenters. The van der Waals surface area contributed by atoms with Gasteiger partial charge in [0.15, 0.2) is 17.2 Å². The van der Waals surface area contributed by atoms with Crippen LogP contribution in [-0.4, -0.2) is 35.3 Å². The molecule has 128 valence electrons. The molecule has 0 bridgehead atoms. The molecule has 0 aromatic carbocycles. The summed E-state index contributed by atoms with van der Waals surface area (Å²) in [6.07, 6.45) is 7.02. The Balaban J connectivity index is 1.71. The van der Waals surface area contributed by atoms with E-state index in [4.69, 9.17) is 8.85 Å². The van der Waals surface area contributed by atoms with Crippen molar-refractivity contribution in [3.63, 3.8) is 0 Å². The molecule has 0 saturated carbocycles. The van der Waals surface area contributed by atoms with Crippen molar-refractivity contribution < 1.29 is 13.6 Å². The van der Waals surface area contributed by atoms with Crippen LogP contribution in [0.15, 0.2) is 55.6 Å². The number of rotatable bonds is 5. The lowest BCUT2D eigenvalue weighted by atomic mass is 10.1. The van der Waals surface area contributed by atoms with Gasteiger partial charge in [0.1, 0.15) is 18.4 Å². The highest BCUT2D eigenvalue weighted by Crippen LogP contribution is 2.23. The molecule has 0 amide bonds. The minimum Gasteiger partial charge on any atom is -0.453 e. The highest BCUT2D eigenvalue weighted by molar-refractivity contribution is 6.02. The third kappa shape index (κ3) is 3.25. The second-order valence-electron chi connectivity index (χ2n) is 5.47. The summed E-state index contributed by atoms with van der Waals surface area (Å²) in [7, 11) is 0. The van der Waals surface area contributed by atoms with Crippen LogP contribution in [0.1, 0.15) is 25.7 Å². The van der Waals surface area contributed by atoms with Gasteiger partial charge in [-0.15, -0.1) is 10.2 Å². The molecule has 0 fully saturated rings. The highest BCUT2D eigenvalue weighted by atomic mass is 16.5. The Morgan fingerprint density at radius 1 is 1.27 bits per heavy atom. The molecular weight excluding hydrogens is 332 g/mol. The first kappa shape index (κ1) is 12.6. The Bertz CT molecular complexity index is 1230. The number of aromatic nitrogens is 6. The first-order chi connectivity index (χ1) is 13.9. The molecule has 4 aromatic heterocycles. The van der Waals surface area contributed by atoms with Crippen molar-refractivity contribution in [1.82, 2.24) is 29.5 Å². The maximum atomic E-state index is 13.0. The van der Waals surface area contributed by atoms with Gasteiger partial charge in [0.25, 0.3) is 0 Å². The zero-order valence-electron chi connectivity index (χ0n) is 16.7. The molecule has 0 aliphatic rings. The average molecular weight is 349 g/mol. The SMILES string of the molecule is [2H]c1nc(CC(=O)c2cc(Oc3cncnc3)cn3cnnc23)c([2H])c([2H])c1C. The van der Waals surface area contributed by atoms with Gasteiger partial charge in [-0.3, -0.25) is 14.2 Å². The lowest BCUT2D eigenvalue weighted by Gasteiger charge is -2.08. The Morgan fingerprint density at radius 2 is 2.12 bits per heavy atom. The van der Waals surface area contributed by atoms with Gasteiger partial charge < -0.3 is 4.74 Å². The monoisotopic (exact) mass is 349 g/mol. The quantitative estimate of drug-likeness (QED) is 0.511. The van der Waals surface area contributed by atoms with Gasteiger partial charge in [0.05, 0.1) is 34.7 Å². The van der Waals surface area contributed by atoms with E-state index < -0.39 is 0 Å². The van der Waals surface area contributed by atoms with Crippen molar-refractivity contribution in [3.8, 4) is 11.5 Å². The number of pyridine rings is 2.